The van der Waals surface area contributed by atoms with Gasteiger partial charge in [0, 0.05) is 16.2 Å². The van der Waals surface area contributed by atoms with E-state index in [9.17, 15) is 9.59 Å². The van der Waals surface area contributed by atoms with Crippen LogP contribution in [0, 0.1) is 6.92 Å². The van der Waals surface area contributed by atoms with E-state index in [2.05, 4.69) is 26.1 Å². The van der Waals surface area contributed by atoms with Gasteiger partial charge in [-0.1, -0.05) is 33.2 Å². The first kappa shape index (κ1) is 16.2. The SMILES string of the molecule is COC(=O)c1[nH]ccc1C(=O)c1c(-c2ccc(Br)cc2)noc1C. The van der Waals surface area contributed by atoms with Crippen LogP contribution in [0.2, 0.25) is 0 Å². The zero-order valence-electron chi connectivity index (χ0n) is 12.9. The summed E-state index contributed by atoms with van der Waals surface area (Å²) in [4.78, 5) is 27.5. The molecule has 0 unspecified atom stereocenters. The Morgan fingerprint density at radius 1 is 1.21 bits per heavy atom. The molecule has 0 bridgehead atoms. The van der Waals surface area contributed by atoms with Crippen molar-refractivity contribution >= 4 is 27.7 Å². The molecule has 0 aliphatic heterocycles. The standard InChI is InChI=1S/C17H13BrN2O4/c1-9-13(14(20-24-9)10-3-5-11(18)6-4-10)16(21)12-7-8-19-15(12)17(22)23-2/h3-8,19H,1-2H3. The van der Waals surface area contributed by atoms with Crippen molar-refractivity contribution in [3.8, 4) is 11.3 Å². The van der Waals surface area contributed by atoms with E-state index < -0.39 is 5.97 Å². The number of aromatic nitrogens is 2. The van der Waals surface area contributed by atoms with E-state index in [-0.39, 0.29) is 17.0 Å². The van der Waals surface area contributed by atoms with Gasteiger partial charge in [0.25, 0.3) is 0 Å². The summed E-state index contributed by atoms with van der Waals surface area (Å²) in [6.07, 6.45) is 1.52. The van der Waals surface area contributed by atoms with Crippen molar-refractivity contribution in [2.45, 2.75) is 6.92 Å². The van der Waals surface area contributed by atoms with Crippen LogP contribution in [0.3, 0.4) is 0 Å². The van der Waals surface area contributed by atoms with Gasteiger partial charge in [-0.15, -0.1) is 0 Å². The molecule has 0 atom stereocenters. The zero-order chi connectivity index (χ0) is 17.3. The Labute approximate surface area is 145 Å². The highest BCUT2D eigenvalue weighted by Gasteiger charge is 2.27. The van der Waals surface area contributed by atoms with Crippen LogP contribution in [0.1, 0.15) is 32.2 Å². The molecule has 2 aromatic heterocycles. The van der Waals surface area contributed by atoms with Crippen molar-refractivity contribution in [1.82, 2.24) is 10.1 Å². The maximum absolute atomic E-state index is 13.0. The summed E-state index contributed by atoms with van der Waals surface area (Å²) in [6, 6.07) is 8.90. The molecule has 0 spiro atoms. The van der Waals surface area contributed by atoms with Gasteiger partial charge in [-0.3, -0.25) is 4.79 Å². The number of ketones is 1. The van der Waals surface area contributed by atoms with Crippen molar-refractivity contribution in [1.29, 1.82) is 0 Å². The van der Waals surface area contributed by atoms with Crippen LogP contribution in [-0.2, 0) is 4.74 Å². The number of ether oxygens (including phenoxy) is 1. The molecule has 122 valence electrons. The molecular weight excluding hydrogens is 376 g/mol. The van der Waals surface area contributed by atoms with Crippen LogP contribution in [0.25, 0.3) is 11.3 Å². The number of hydrogen-bond donors (Lipinski definition) is 1. The highest BCUT2D eigenvalue weighted by molar-refractivity contribution is 9.10. The third-order valence-corrected chi connectivity index (χ3v) is 4.12. The molecule has 0 aliphatic carbocycles. The van der Waals surface area contributed by atoms with Gasteiger partial charge in [0.05, 0.1) is 18.2 Å². The number of hydrogen-bond acceptors (Lipinski definition) is 5. The highest BCUT2D eigenvalue weighted by atomic mass is 79.9. The van der Waals surface area contributed by atoms with Crippen molar-refractivity contribution in [2.75, 3.05) is 7.11 Å². The minimum Gasteiger partial charge on any atom is -0.464 e. The Morgan fingerprint density at radius 3 is 2.58 bits per heavy atom. The monoisotopic (exact) mass is 388 g/mol. The molecule has 6 nitrogen and oxygen atoms in total. The number of aromatic amines is 1. The van der Waals surface area contributed by atoms with E-state index in [0.717, 1.165) is 10.0 Å². The second kappa shape index (κ2) is 6.45. The largest absolute Gasteiger partial charge is 0.464 e. The summed E-state index contributed by atoms with van der Waals surface area (Å²) < 4.78 is 10.8. The second-order valence-electron chi connectivity index (χ2n) is 5.06. The molecule has 2 heterocycles. The molecule has 0 saturated carbocycles. The summed E-state index contributed by atoms with van der Waals surface area (Å²) in [5.74, 6) is -0.578. The summed E-state index contributed by atoms with van der Waals surface area (Å²) in [7, 11) is 1.26. The van der Waals surface area contributed by atoms with Crippen LogP contribution in [0.4, 0.5) is 0 Å². The number of H-pyrrole nitrogens is 1. The van der Waals surface area contributed by atoms with Crippen LogP contribution in [0.5, 0.6) is 0 Å². The quantitative estimate of drug-likeness (QED) is 0.543. The lowest BCUT2D eigenvalue weighted by atomic mass is 9.98. The van der Waals surface area contributed by atoms with E-state index in [4.69, 9.17) is 9.26 Å². The average molecular weight is 389 g/mol. The van der Waals surface area contributed by atoms with E-state index in [1.165, 1.54) is 19.4 Å². The fourth-order valence-electron chi connectivity index (χ4n) is 2.41. The Morgan fingerprint density at radius 2 is 1.92 bits per heavy atom. The van der Waals surface area contributed by atoms with Gasteiger partial charge >= 0.3 is 5.97 Å². The third-order valence-electron chi connectivity index (χ3n) is 3.59. The Bertz CT molecular complexity index is 909. The van der Waals surface area contributed by atoms with E-state index in [1.807, 2.05) is 24.3 Å². The number of nitrogens with one attached hydrogen (secondary N) is 1. The number of benzene rings is 1. The number of nitrogens with zero attached hydrogens (tertiary/aromatic N) is 1. The molecule has 3 rings (SSSR count). The number of halogens is 1. The topological polar surface area (TPSA) is 85.2 Å². The van der Waals surface area contributed by atoms with Crippen molar-refractivity contribution in [3.05, 3.63) is 63.6 Å². The number of rotatable bonds is 4. The van der Waals surface area contributed by atoms with Crippen molar-refractivity contribution in [3.63, 3.8) is 0 Å². The predicted octanol–water partition coefficient (Wildman–Crippen LogP) is 3.76. The highest BCUT2D eigenvalue weighted by Crippen LogP contribution is 2.29. The number of carbonyl (C=O) groups is 2. The van der Waals surface area contributed by atoms with Crippen LogP contribution in [0.15, 0.2) is 45.5 Å². The number of esters is 1. The van der Waals surface area contributed by atoms with Crippen LogP contribution < -0.4 is 0 Å². The molecule has 0 fully saturated rings. The van der Waals surface area contributed by atoms with Gasteiger partial charge in [-0.25, -0.2) is 4.79 Å². The van der Waals surface area contributed by atoms with E-state index in [1.54, 1.807) is 6.92 Å². The van der Waals surface area contributed by atoms with Crippen LogP contribution in [-0.4, -0.2) is 29.0 Å². The average Bonchev–Trinajstić information content (AvgIpc) is 3.21. The van der Waals surface area contributed by atoms with Gasteiger partial charge in [0.2, 0.25) is 5.78 Å². The second-order valence-corrected chi connectivity index (χ2v) is 5.97. The number of carbonyl (C=O) groups excluding carboxylic acids is 2. The molecule has 1 N–H and O–H groups in total. The molecule has 7 heteroatoms. The molecular formula is C17H13BrN2O4. The summed E-state index contributed by atoms with van der Waals surface area (Å²) in [5.41, 5.74) is 1.81. The first-order chi connectivity index (χ1) is 11.5. The van der Waals surface area contributed by atoms with Gasteiger partial charge in [0.15, 0.2) is 0 Å². The van der Waals surface area contributed by atoms with Crippen molar-refractivity contribution in [2.24, 2.45) is 0 Å². The van der Waals surface area contributed by atoms with Crippen molar-refractivity contribution < 1.29 is 18.8 Å². The predicted molar refractivity (Wildman–Crippen MR) is 89.9 cm³/mol. The van der Waals surface area contributed by atoms with Gasteiger partial charge in [0.1, 0.15) is 17.1 Å². The summed E-state index contributed by atoms with van der Waals surface area (Å²) in [5, 5.41) is 4.00. The van der Waals surface area contributed by atoms with E-state index >= 15 is 0 Å². The maximum atomic E-state index is 13.0. The molecule has 0 saturated heterocycles. The smallest absolute Gasteiger partial charge is 0.355 e. The lowest BCUT2D eigenvalue weighted by molar-refractivity contribution is 0.0591. The van der Waals surface area contributed by atoms with Gasteiger partial charge in [-0.2, -0.15) is 0 Å². The molecule has 0 amide bonds. The Kier molecular flexibility index (Phi) is 4.35. The van der Waals surface area contributed by atoms with Gasteiger partial charge < -0.3 is 14.2 Å². The lowest BCUT2D eigenvalue weighted by Crippen LogP contribution is -2.11. The number of methoxy groups -OCH3 is 1. The Balaban J connectivity index is 2.09. The summed E-state index contributed by atoms with van der Waals surface area (Å²) >= 11 is 3.37. The zero-order valence-corrected chi connectivity index (χ0v) is 14.5. The molecule has 0 radical (unpaired) electrons. The number of aryl methyl sites for hydroxylation is 1. The van der Waals surface area contributed by atoms with E-state index in [0.29, 0.717) is 17.0 Å². The first-order valence-corrected chi connectivity index (χ1v) is 7.84. The fourth-order valence-corrected chi connectivity index (χ4v) is 2.67. The molecule has 24 heavy (non-hydrogen) atoms. The van der Waals surface area contributed by atoms with Crippen LogP contribution >= 0.6 is 15.9 Å². The fraction of sp³-hybridized carbons (Fsp3) is 0.118. The molecule has 3 aromatic rings. The minimum atomic E-state index is -0.609. The lowest BCUT2D eigenvalue weighted by Gasteiger charge is -2.04. The Hall–Kier alpha value is -2.67. The third kappa shape index (κ3) is 2.78. The van der Waals surface area contributed by atoms with Gasteiger partial charge in [-0.05, 0) is 25.1 Å². The maximum Gasteiger partial charge on any atom is 0.355 e. The summed E-state index contributed by atoms with van der Waals surface area (Å²) in [6.45, 7) is 1.66. The molecule has 1 aromatic carbocycles. The molecule has 0 aliphatic rings. The first-order valence-electron chi connectivity index (χ1n) is 7.05. The minimum absolute atomic E-state index is 0.102. The normalized spacial score (nSPS) is 10.6.